The fourth-order valence-electron chi connectivity index (χ4n) is 2.23. The molecule has 1 N–H and O–H groups in total. The van der Waals surface area contributed by atoms with E-state index in [1.54, 1.807) is 0 Å². The molecule has 1 aliphatic rings. The molecule has 2 nitrogen and oxygen atoms in total. The van der Waals surface area contributed by atoms with Crippen molar-refractivity contribution in [3.05, 3.63) is 29.3 Å². The predicted octanol–water partition coefficient (Wildman–Crippen LogP) is 3.16. The van der Waals surface area contributed by atoms with Crippen LogP contribution in [0.1, 0.15) is 37.8 Å². The van der Waals surface area contributed by atoms with Crippen molar-refractivity contribution in [3.63, 3.8) is 0 Å². The Labute approximate surface area is 97.1 Å². The molecule has 0 radical (unpaired) electrons. The summed E-state index contributed by atoms with van der Waals surface area (Å²) in [6.07, 6.45) is 4.07. The quantitative estimate of drug-likeness (QED) is 0.824. The Morgan fingerprint density at radius 1 is 1.38 bits per heavy atom. The van der Waals surface area contributed by atoms with E-state index >= 15 is 0 Å². The lowest BCUT2D eigenvalue weighted by Gasteiger charge is -2.09. The number of aryl methyl sites for hydroxylation is 1. The Hall–Kier alpha value is -1.31. The van der Waals surface area contributed by atoms with Gasteiger partial charge in [-0.3, -0.25) is 4.79 Å². The second-order valence-corrected chi connectivity index (χ2v) is 4.96. The van der Waals surface area contributed by atoms with Crippen LogP contribution < -0.4 is 5.32 Å². The Bertz CT molecular complexity index is 396. The van der Waals surface area contributed by atoms with E-state index in [9.17, 15) is 4.79 Å². The minimum Gasteiger partial charge on any atom is -0.325 e. The zero-order valence-corrected chi connectivity index (χ0v) is 10.0. The second-order valence-electron chi connectivity index (χ2n) is 4.96. The van der Waals surface area contributed by atoms with E-state index in [1.807, 2.05) is 6.07 Å². The predicted molar refractivity (Wildman–Crippen MR) is 66.6 cm³/mol. The van der Waals surface area contributed by atoms with Gasteiger partial charge in [-0.1, -0.05) is 38.5 Å². The molecule has 0 saturated carbocycles. The molecule has 16 heavy (non-hydrogen) atoms. The van der Waals surface area contributed by atoms with E-state index in [4.69, 9.17) is 0 Å². The summed E-state index contributed by atoms with van der Waals surface area (Å²) < 4.78 is 0. The Balaban J connectivity index is 2.05. The maximum Gasteiger partial charge on any atom is 0.228 e. The molecule has 0 spiro atoms. The summed E-state index contributed by atoms with van der Waals surface area (Å²) in [6.45, 7) is 4.49. The zero-order chi connectivity index (χ0) is 11.5. The fourth-order valence-corrected chi connectivity index (χ4v) is 2.23. The van der Waals surface area contributed by atoms with Gasteiger partial charge in [-0.25, -0.2) is 0 Å². The van der Waals surface area contributed by atoms with Gasteiger partial charge in [0.05, 0.1) is 6.42 Å². The van der Waals surface area contributed by atoms with Crippen molar-refractivity contribution >= 4 is 11.6 Å². The molecule has 1 aromatic rings. The number of para-hydroxylation sites is 1. The molecule has 0 atom stereocenters. The molecule has 1 heterocycles. The number of fused-ring (bicyclic) bond motifs is 1. The van der Waals surface area contributed by atoms with Crippen molar-refractivity contribution in [2.24, 2.45) is 5.92 Å². The second kappa shape index (κ2) is 4.69. The minimum absolute atomic E-state index is 0.131. The average Bonchev–Trinajstić information content (AvgIpc) is 2.58. The van der Waals surface area contributed by atoms with Gasteiger partial charge in [0, 0.05) is 5.69 Å². The van der Waals surface area contributed by atoms with Crippen LogP contribution in [0, 0.1) is 5.92 Å². The summed E-state index contributed by atoms with van der Waals surface area (Å²) in [5.41, 5.74) is 3.53. The molecule has 0 aliphatic carbocycles. The zero-order valence-electron chi connectivity index (χ0n) is 10.0. The van der Waals surface area contributed by atoms with E-state index in [1.165, 1.54) is 18.4 Å². The van der Waals surface area contributed by atoms with Crippen LogP contribution in [0.4, 0.5) is 5.69 Å². The Kier molecular flexibility index (Phi) is 3.28. The van der Waals surface area contributed by atoms with Gasteiger partial charge in [0.15, 0.2) is 0 Å². The van der Waals surface area contributed by atoms with Gasteiger partial charge < -0.3 is 5.32 Å². The number of carbonyl (C=O) groups excluding carboxylic acids is 1. The minimum atomic E-state index is 0.131. The lowest BCUT2D eigenvalue weighted by molar-refractivity contribution is -0.115. The molecule has 2 rings (SSSR count). The molecule has 1 amide bonds. The van der Waals surface area contributed by atoms with E-state index < -0.39 is 0 Å². The molecule has 0 unspecified atom stereocenters. The van der Waals surface area contributed by atoms with Crippen LogP contribution in [0.3, 0.4) is 0 Å². The lowest BCUT2D eigenvalue weighted by Crippen LogP contribution is -2.05. The number of hydrogen-bond acceptors (Lipinski definition) is 1. The fraction of sp³-hybridized carbons (Fsp3) is 0.500. The molecule has 86 valence electrons. The molecule has 0 aromatic heterocycles. The first-order valence-electron chi connectivity index (χ1n) is 6.07. The lowest BCUT2D eigenvalue weighted by atomic mass is 9.99. The first kappa shape index (κ1) is 11.2. The molecule has 0 bridgehead atoms. The largest absolute Gasteiger partial charge is 0.325 e. The van der Waals surface area contributed by atoms with Crippen molar-refractivity contribution in [1.82, 2.24) is 0 Å². The molecule has 1 aliphatic heterocycles. The van der Waals surface area contributed by atoms with Crippen molar-refractivity contribution < 1.29 is 4.79 Å². The SMILES string of the molecule is CC(C)CCCc1cccc2c1NC(=O)C2. The van der Waals surface area contributed by atoms with Crippen molar-refractivity contribution in [2.75, 3.05) is 5.32 Å². The molecule has 0 fully saturated rings. The third-order valence-corrected chi connectivity index (χ3v) is 3.08. The summed E-state index contributed by atoms with van der Waals surface area (Å²) in [7, 11) is 0. The highest BCUT2D eigenvalue weighted by Crippen LogP contribution is 2.28. The Morgan fingerprint density at radius 3 is 2.94 bits per heavy atom. The number of rotatable bonds is 4. The summed E-state index contributed by atoms with van der Waals surface area (Å²) >= 11 is 0. The molecular formula is C14H19NO. The number of carbonyl (C=O) groups is 1. The van der Waals surface area contributed by atoms with Crippen LogP contribution in [0.15, 0.2) is 18.2 Å². The highest BCUT2D eigenvalue weighted by Gasteiger charge is 2.19. The maximum atomic E-state index is 11.3. The molecule has 0 saturated heterocycles. The standard InChI is InChI=1S/C14H19NO/c1-10(2)5-3-6-11-7-4-8-12-9-13(16)15-14(11)12/h4,7-8,10H,3,5-6,9H2,1-2H3,(H,15,16). The summed E-state index contributed by atoms with van der Waals surface area (Å²) in [5, 5.41) is 2.97. The normalized spacial score (nSPS) is 14.1. The summed E-state index contributed by atoms with van der Waals surface area (Å²) in [4.78, 5) is 11.3. The third-order valence-electron chi connectivity index (χ3n) is 3.08. The number of anilines is 1. The topological polar surface area (TPSA) is 29.1 Å². The monoisotopic (exact) mass is 217 g/mol. The smallest absolute Gasteiger partial charge is 0.228 e. The van der Waals surface area contributed by atoms with Gasteiger partial charge in [-0.15, -0.1) is 0 Å². The third kappa shape index (κ3) is 2.43. The van der Waals surface area contributed by atoms with Crippen molar-refractivity contribution in [3.8, 4) is 0 Å². The summed E-state index contributed by atoms with van der Waals surface area (Å²) in [5.74, 6) is 0.887. The van der Waals surface area contributed by atoms with Gasteiger partial charge >= 0.3 is 0 Å². The van der Waals surface area contributed by atoms with Gasteiger partial charge in [0.25, 0.3) is 0 Å². The van der Waals surface area contributed by atoms with Crippen molar-refractivity contribution in [2.45, 2.75) is 39.5 Å². The van der Waals surface area contributed by atoms with Crippen LogP contribution in [-0.4, -0.2) is 5.91 Å². The van der Waals surface area contributed by atoms with E-state index in [0.29, 0.717) is 6.42 Å². The summed E-state index contributed by atoms with van der Waals surface area (Å²) in [6, 6.07) is 6.23. The Morgan fingerprint density at radius 2 is 2.19 bits per heavy atom. The van der Waals surface area contributed by atoms with Crippen molar-refractivity contribution in [1.29, 1.82) is 0 Å². The van der Waals surface area contributed by atoms with Crippen LogP contribution in [0.5, 0.6) is 0 Å². The van der Waals surface area contributed by atoms with Crippen LogP contribution in [0.25, 0.3) is 0 Å². The van der Waals surface area contributed by atoms with Gasteiger partial charge in [0.2, 0.25) is 5.91 Å². The van der Waals surface area contributed by atoms with Gasteiger partial charge in [-0.05, 0) is 29.9 Å². The number of benzene rings is 1. The van der Waals surface area contributed by atoms with Crippen LogP contribution >= 0.6 is 0 Å². The van der Waals surface area contributed by atoms with E-state index in [0.717, 1.165) is 23.6 Å². The van der Waals surface area contributed by atoms with Gasteiger partial charge in [0.1, 0.15) is 0 Å². The van der Waals surface area contributed by atoms with Gasteiger partial charge in [-0.2, -0.15) is 0 Å². The highest BCUT2D eigenvalue weighted by molar-refractivity contribution is 6.00. The van der Waals surface area contributed by atoms with E-state index in [2.05, 4.69) is 31.3 Å². The number of nitrogens with one attached hydrogen (secondary N) is 1. The molecule has 1 aromatic carbocycles. The first-order valence-corrected chi connectivity index (χ1v) is 6.07. The molecule has 2 heteroatoms. The maximum absolute atomic E-state index is 11.3. The highest BCUT2D eigenvalue weighted by atomic mass is 16.1. The number of hydrogen-bond donors (Lipinski definition) is 1. The van der Waals surface area contributed by atoms with Crippen LogP contribution in [-0.2, 0) is 17.6 Å². The average molecular weight is 217 g/mol. The van der Waals surface area contributed by atoms with Crippen LogP contribution in [0.2, 0.25) is 0 Å². The first-order chi connectivity index (χ1) is 7.66. The number of amides is 1. The van der Waals surface area contributed by atoms with E-state index in [-0.39, 0.29) is 5.91 Å². The molecular weight excluding hydrogens is 198 g/mol.